The van der Waals surface area contributed by atoms with E-state index in [9.17, 15) is 43.2 Å². The summed E-state index contributed by atoms with van der Waals surface area (Å²) in [5.74, 6) is -0.515. The zero-order valence-corrected chi connectivity index (χ0v) is 68.0. The third-order valence-electron chi connectivity index (χ3n) is 19.6. The lowest BCUT2D eigenvalue weighted by atomic mass is 9.99. The Bertz CT molecular complexity index is 1940. The standard InChI is InChI=1S/C82H160O17P2/c1-7-10-12-14-16-18-20-22-24-25-26-31-34-40-46-52-58-64-79(84)92-70-77(98-82(87)67-61-55-49-42-36-32-28-27-29-33-39-45-51-57-63-75(6)9-3)72-96-100(88,89)94-68-76(83)69-95-101(90,91)97-73-78(71-93-80(85)65-59-53-47-43-37-38-44-50-56-62-74(4)5)99-81(86)66-60-54-48-41-35-30-23-21-19-17-15-13-11-8-2/h74-78,83H,7-73H2,1-6H3,(H,88,89)(H,90,91)/t75?,76-,77-,78-/m1/s1. The number of hydrogen-bond acceptors (Lipinski definition) is 15. The molecule has 3 unspecified atom stereocenters. The maximum absolute atomic E-state index is 13.1. The molecular formula is C82H160O17P2. The number of esters is 4. The maximum atomic E-state index is 13.1. The third-order valence-corrected chi connectivity index (χ3v) is 21.5. The second-order valence-corrected chi connectivity index (χ2v) is 33.1. The Morgan fingerprint density at radius 1 is 0.287 bits per heavy atom. The largest absolute Gasteiger partial charge is 0.472 e. The molecule has 600 valence electrons. The monoisotopic (exact) mass is 1480 g/mol. The molecule has 0 fully saturated rings. The van der Waals surface area contributed by atoms with Crippen LogP contribution in [0, 0.1) is 11.8 Å². The summed E-state index contributed by atoms with van der Waals surface area (Å²) in [5.41, 5.74) is 0. The molecule has 0 aliphatic heterocycles. The highest BCUT2D eigenvalue weighted by atomic mass is 31.2. The van der Waals surface area contributed by atoms with Crippen LogP contribution >= 0.6 is 15.6 Å². The lowest BCUT2D eigenvalue weighted by Gasteiger charge is -2.21. The number of rotatable bonds is 81. The molecule has 0 saturated carbocycles. The van der Waals surface area contributed by atoms with Gasteiger partial charge in [0, 0.05) is 25.7 Å². The molecule has 0 saturated heterocycles. The number of hydrogen-bond donors (Lipinski definition) is 3. The molecule has 0 aromatic heterocycles. The zero-order chi connectivity index (χ0) is 74.2. The Kier molecular flexibility index (Phi) is 72.2. The fourth-order valence-corrected chi connectivity index (χ4v) is 14.3. The van der Waals surface area contributed by atoms with Crippen molar-refractivity contribution in [2.24, 2.45) is 11.8 Å². The summed E-state index contributed by atoms with van der Waals surface area (Å²) >= 11 is 0. The van der Waals surface area contributed by atoms with E-state index < -0.39 is 97.5 Å². The van der Waals surface area contributed by atoms with E-state index in [1.165, 1.54) is 250 Å². The van der Waals surface area contributed by atoms with Crippen LogP contribution in [0.25, 0.3) is 0 Å². The van der Waals surface area contributed by atoms with Crippen LogP contribution in [0.2, 0.25) is 0 Å². The molecule has 101 heavy (non-hydrogen) atoms. The fourth-order valence-electron chi connectivity index (χ4n) is 12.7. The summed E-state index contributed by atoms with van der Waals surface area (Å²) < 4.78 is 68.8. The highest BCUT2D eigenvalue weighted by Crippen LogP contribution is 2.45. The van der Waals surface area contributed by atoms with Gasteiger partial charge in [0.1, 0.15) is 19.3 Å². The first-order valence-corrected chi connectivity index (χ1v) is 45.5. The van der Waals surface area contributed by atoms with Crippen LogP contribution in [0.1, 0.15) is 433 Å². The van der Waals surface area contributed by atoms with Crippen LogP contribution in [0.3, 0.4) is 0 Å². The zero-order valence-electron chi connectivity index (χ0n) is 66.2. The van der Waals surface area contributed by atoms with E-state index in [2.05, 4.69) is 41.5 Å². The molecule has 0 radical (unpaired) electrons. The van der Waals surface area contributed by atoms with Gasteiger partial charge in [-0.3, -0.25) is 37.3 Å². The second kappa shape index (κ2) is 73.6. The Morgan fingerprint density at radius 2 is 0.505 bits per heavy atom. The van der Waals surface area contributed by atoms with Crippen LogP contribution in [-0.2, 0) is 65.4 Å². The van der Waals surface area contributed by atoms with Gasteiger partial charge in [0.15, 0.2) is 12.2 Å². The summed E-state index contributed by atoms with van der Waals surface area (Å²) in [7, 11) is -9.92. The number of phosphoric ester groups is 2. The molecule has 0 aliphatic rings. The minimum atomic E-state index is -4.96. The van der Waals surface area contributed by atoms with Crippen molar-refractivity contribution in [2.45, 2.75) is 452 Å². The van der Waals surface area contributed by atoms with E-state index in [1.807, 2.05) is 0 Å². The Hall–Kier alpha value is -1.94. The van der Waals surface area contributed by atoms with Gasteiger partial charge in [0.25, 0.3) is 0 Å². The number of carbonyl (C=O) groups is 4. The molecule has 0 amide bonds. The smallest absolute Gasteiger partial charge is 0.462 e. The van der Waals surface area contributed by atoms with Crippen molar-refractivity contribution in [1.29, 1.82) is 0 Å². The van der Waals surface area contributed by atoms with Gasteiger partial charge < -0.3 is 33.8 Å². The van der Waals surface area contributed by atoms with Crippen molar-refractivity contribution >= 4 is 39.5 Å². The van der Waals surface area contributed by atoms with E-state index in [-0.39, 0.29) is 25.7 Å². The van der Waals surface area contributed by atoms with Gasteiger partial charge >= 0.3 is 39.5 Å². The minimum Gasteiger partial charge on any atom is -0.462 e. The molecular weight excluding hydrogens is 1320 g/mol. The molecule has 0 aromatic carbocycles. The van der Waals surface area contributed by atoms with Gasteiger partial charge in [-0.05, 0) is 37.5 Å². The highest BCUT2D eigenvalue weighted by Gasteiger charge is 2.30. The van der Waals surface area contributed by atoms with Gasteiger partial charge in [0.2, 0.25) is 0 Å². The molecule has 0 heterocycles. The average Bonchev–Trinajstić information content (AvgIpc) is 0.948. The highest BCUT2D eigenvalue weighted by molar-refractivity contribution is 7.47. The summed E-state index contributed by atoms with van der Waals surface area (Å²) in [6, 6.07) is 0. The third kappa shape index (κ3) is 74.7. The van der Waals surface area contributed by atoms with Crippen LogP contribution in [0.5, 0.6) is 0 Å². The van der Waals surface area contributed by atoms with Crippen molar-refractivity contribution in [3.8, 4) is 0 Å². The van der Waals surface area contributed by atoms with Gasteiger partial charge in [-0.25, -0.2) is 9.13 Å². The lowest BCUT2D eigenvalue weighted by Crippen LogP contribution is -2.30. The molecule has 19 heteroatoms. The summed E-state index contributed by atoms with van der Waals surface area (Å²) in [5, 5.41) is 10.7. The summed E-state index contributed by atoms with van der Waals surface area (Å²) in [4.78, 5) is 73.1. The number of ether oxygens (including phenoxy) is 4. The molecule has 0 aliphatic carbocycles. The van der Waals surface area contributed by atoms with Crippen LogP contribution in [0.4, 0.5) is 0 Å². The van der Waals surface area contributed by atoms with E-state index >= 15 is 0 Å². The average molecular weight is 1480 g/mol. The number of phosphoric acid groups is 2. The summed E-state index contributed by atoms with van der Waals surface area (Å²) in [6.07, 6.45) is 63.6. The maximum Gasteiger partial charge on any atom is 0.472 e. The van der Waals surface area contributed by atoms with E-state index in [0.717, 1.165) is 102 Å². The predicted octanol–water partition coefficient (Wildman–Crippen LogP) is 24.7. The van der Waals surface area contributed by atoms with Crippen LogP contribution in [0.15, 0.2) is 0 Å². The van der Waals surface area contributed by atoms with Crippen molar-refractivity contribution in [1.82, 2.24) is 0 Å². The topological polar surface area (TPSA) is 237 Å². The number of carbonyl (C=O) groups excluding carboxylic acids is 4. The number of aliphatic hydroxyl groups is 1. The van der Waals surface area contributed by atoms with Crippen molar-refractivity contribution < 1.29 is 80.2 Å². The Balaban J connectivity index is 5.26. The van der Waals surface area contributed by atoms with Gasteiger partial charge in [0.05, 0.1) is 26.4 Å². The predicted molar refractivity (Wildman–Crippen MR) is 414 cm³/mol. The first-order chi connectivity index (χ1) is 48.9. The minimum absolute atomic E-state index is 0.108. The molecule has 0 bridgehead atoms. The van der Waals surface area contributed by atoms with Crippen LogP contribution in [-0.4, -0.2) is 96.7 Å². The van der Waals surface area contributed by atoms with E-state index in [0.29, 0.717) is 25.7 Å². The molecule has 3 N–H and O–H groups in total. The van der Waals surface area contributed by atoms with Gasteiger partial charge in [-0.2, -0.15) is 0 Å². The SMILES string of the molecule is CCCCCCCCCCCCCCCCCCCC(=O)OC[C@H](COP(=O)(O)OC[C@@H](O)COP(=O)(O)OC[C@@H](COC(=O)CCCCCCCCCCCC(C)C)OC(=O)CCCCCCCCCCCCCCCC)OC(=O)CCCCCCCCCCCCCCCCC(C)CC. The normalized spacial score (nSPS) is 14.2. The second-order valence-electron chi connectivity index (χ2n) is 30.2. The number of unbranched alkanes of at least 4 members (excludes halogenated alkanes) is 50. The first-order valence-electron chi connectivity index (χ1n) is 42.5. The lowest BCUT2D eigenvalue weighted by molar-refractivity contribution is -0.161. The molecule has 17 nitrogen and oxygen atoms in total. The van der Waals surface area contributed by atoms with Crippen molar-refractivity contribution in [3.63, 3.8) is 0 Å². The van der Waals surface area contributed by atoms with Gasteiger partial charge in [-0.1, -0.05) is 382 Å². The van der Waals surface area contributed by atoms with Crippen LogP contribution < -0.4 is 0 Å². The molecule has 0 spiro atoms. The fraction of sp³-hybridized carbons (Fsp3) is 0.951. The van der Waals surface area contributed by atoms with E-state index in [4.69, 9.17) is 37.0 Å². The van der Waals surface area contributed by atoms with Crippen molar-refractivity contribution in [3.05, 3.63) is 0 Å². The number of aliphatic hydroxyl groups excluding tert-OH is 1. The molecule has 0 rings (SSSR count). The molecule has 0 aromatic rings. The first kappa shape index (κ1) is 99.1. The van der Waals surface area contributed by atoms with Gasteiger partial charge in [-0.15, -0.1) is 0 Å². The summed E-state index contributed by atoms with van der Waals surface area (Å²) in [6.45, 7) is 9.69. The Labute approximate surface area is 619 Å². The molecule has 6 atom stereocenters. The van der Waals surface area contributed by atoms with Crippen molar-refractivity contribution in [2.75, 3.05) is 39.6 Å². The quantitative estimate of drug-likeness (QED) is 0.0222. The Morgan fingerprint density at radius 3 is 0.752 bits per heavy atom. The van der Waals surface area contributed by atoms with E-state index in [1.54, 1.807) is 0 Å².